The molecule has 1 saturated heterocycles. The van der Waals surface area contributed by atoms with Crippen molar-refractivity contribution < 1.29 is 18.8 Å². The molecule has 1 unspecified atom stereocenters. The van der Waals surface area contributed by atoms with Crippen LogP contribution in [-0.4, -0.2) is 35.6 Å². The number of carbonyl (C=O) groups is 2. The molecule has 3 rings (SSSR count). The van der Waals surface area contributed by atoms with Gasteiger partial charge in [0.05, 0.1) is 20.1 Å². The minimum absolute atomic E-state index is 0.00675. The molecule has 0 saturated carbocycles. The topological polar surface area (TPSA) is 106 Å². The van der Waals surface area contributed by atoms with Gasteiger partial charge in [0, 0.05) is 24.4 Å². The van der Waals surface area contributed by atoms with E-state index in [0.29, 0.717) is 30.4 Å². The van der Waals surface area contributed by atoms with Gasteiger partial charge < -0.3 is 19.9 Å². The quantitative estimate of drug-likeness (QED) is 0.807. The standard InChI is InChI=1S/C17H20N4O4/c1-24-13-5-3-2-4-11(13)8-15(23)19-10-16-20-17(21-25-16)12-6-7-18-14(22)9-12/h2-5,12H,6-10H2,1H3,(H,18,22)(H,19,23). The lowest BCUT2D eigenvalue weighted by Gasteiger charge is -2.18. The highest BCUT2D eigenvalue weighted by Gasteiger charge is 2.25. The first-order chi connectivity index (χ1) is 12.2. The van der Waals surface area contributed by atoms with Crippen LogP contribution in [-0.2, 0) is 22.6 Å². The van der Waals surface area contributed by atoms with Gasteiger partial charge in [-0.25, -0.2) is 0 Å². The Bertz CT molecular complexity index is 759. The Balaban J connectivity index is 1.53. The molecule has 0 bridgehead atoms. The smallest absolute Gasteiger partial charge is 0.246 e. The van der Waals surface area contributed by atoms with E-state index in [1.165, 1.54) is 0 Å². The molecular weight excluding hydrogens is 324 g/mol. The van der Waals surface area contributed by atoms with Crippen LogP contribution in [0.3, 0.4) is 0 Å². The third-order valence-electron chi connectivity index (χ3n) is 4.08. The number of nitrogens with zero attached hydrogens (tertiary/aromatic N) is 2. The van der Waals surface area contributed by atoms with Gasteiger partial charge in [-0.15, -0.1) is 0 Å². The second-order valence-electron chi connectivity index (χ2n) is 5.85. The summed E-state index contributed by atoms with van der Waals surface area (Å²) in [6.07, 6.45) is 1.35. The fourth-order valence-corrected chi connectivity index (χ4v) is 2.77. The molecule has 2 amide bonds. The van der Waals surface area contributed by atoms with E-state index in [1.54, 1.807) is 7.11 Å². The highest BCUT2D eigenvalue weighted by molar-refractivity contribution is 5.79. The first-order valence-electron chi connectivity index (χ1n) is 8.13. The molecule has 2 aromatic rings. The summed E-state index contributed by atoms with van der Waals surface area (Å²) in [6.45, 7) is 0.767. The van der Waals surface area contributed by atoms with Gasteiger partial charge in [0.2, 0.25) is 17.7 Å². The molecule has 8 heteroatoms. The summed E-state index contributed by atoms with van der Waals surface area (Å²) < 4.78 is 10.4. The van der Waals surface area contributed by atoms with Crippen molar-refractivity contribution in [3.63, 3.8) is 0 Å². The highest BCUT2D eigenvalue weighted by Crippen LogP contribution is 2.23. The van der Waals surface area contributed by atoms with E-state index in [4.69, 9.17) is 9.26 Å². The summed E-state index contributed by atoms with van der Waals surface area (Å²) in [5.41, 5.74) is 0.807. The highest BCUT2D eigenvalue weighted by atomic mass is 16.5. The summed E-state index contributed by atoms with van der Waals surface area (Å²) in [5.74, 6) is 1.32. The van der Waals surface area contributed by atoms with Crippen LogP contribution in [0.4, 0.5) is 0 Å². The van der Waals surface area contributed by atoms with E-state index in [2.05, 4.69) is 20.8 Å². The largest absolute Gasteiger partial charge is 0.496 e. The second-order valence-corrected chi connectivity index (χ2v) is 5.85. The lowest BCUT2D eigenvalue weighted by atomic mass is 9.97. The summed E-state index contributed by atoms with van der Waals surface area (Å²) >= 11 is 0. The third kappa shape index (κ3) is 4.34. The van der Waals surface area contributed by atoms with Gasteiger partial charge in [-0.3, -0.25) is 9.59 Å². The number of ether oxygens (including phenoxy) is 1. The van der Waals surface area contributed by atoms with Crippen LogP contribution in [0.25, 0.3) is 0 Å². The van der Waals surface area contributed by atoms with Gasteiger partial charge >= 0.3 is 0 Å². The van der Waals surface area contributed by atoms with Gasteiger partial charge in [-0.05, 0) is 12.5 Å². The van der Waals surface area contributed by atoms with Crippen LogP contribution >= 0.6 is 0 Å². The molecule has 1 aromatic carbocycles. The maximum absolute atomic E-state index is 12.1. The Morgan fingerprint density at radius 3 is 3.08 bits per heavy atom. The van der Waals surface area contributed by atoms with E-state index < -0.39 is 0 Å². The van der Waals surface area contributed by atoms with Crippen LogP contribution in [0.1, 0.15) is 36.0 Å². The third-order valence-corrected chi connectivity index (χ3v) is 4.08. The zero-order valence-corrected chi connectivity index (χ0v) is 13.9. The molecule has 1 aliphatic rings. The number of aromatic nitrogens is 2. The molecule has 1 aromatic heterocycles. The van der Waals surface area contributed by atoms with Crippen molar-refractivity contribution >= 4 is 11.8 Å². The molecular formula is C17H20N4O4. The van der Waals surface area contributed by atoms with Gasteiger partial charge in [0.25, 0.3) is 0 Å². The van der Waals surface area contributed by atoms with Gasteiger partial charge in [-0.1, -0.05) is 23.4 Å². The van der Waals surface area contributed by atoms with Crippen molar-refractivity contribution in [1.82, 2.24) is 20.8 Å². The van der Waals surface area contributed by atoms with Crippen molar-refractivity contribution in [3.8, 4) is 5.75 Å². The van der Waals surface area contributed by atoms with Gasteiger partial charge in [-0.2, -0.15) is 4.98 Å². The van der Waals surface area contributed by atoms with Crippen LogP contribution in [0.15, 0.2) is 28.8 Å². The lowest BCUT2D eigenvalue weighted by molar-refractivity contribution is -0.123. The fraction of sp³-hybridized carbons (Fsp3) is 0.412. The van der Waals surface area contributed by atoms with Crippen LogP contribution < -0.4 is 15.4 Å². The Morgan fingerprint density at radius 2 is 2.28 bits per heavy atom. The Hall–Kier alpha value is -2.90. The van der Waals surface area contributed by atoms with Crippen molar-refractivity contribution in [2.24, 2.45) is 0 Å². The average Bonchev–Trinajstić information content (AvgIpc) is 3.09. The normalized spacial score (nSPS) is 17.0. The minimum Gasteiger partial charge on any atom is -0.496 e. The summed E-state index contributed by atoms with van der Waals surface area (Å²) in [5, 5.41) is 9.45. The number of nitrogens with one attached hydrogen (secondary N) is 2. The number of hydrogen-bond donors (Lipinski definition) is 2. The predicted molar refractivity (Wildman–Crippen MR) is 87.8 cm³/mol. The summed E-state index contributed by atoms with van der Waals surface area (Å²) in [4.78, 5) is 27.8. The SMILES string of the molecule is COc1ccccc1CC(=O)NCc1nc(C2CCNC(=O)C2)no1. The van der Waals surface area contributed by atoms with Crippen molar-refractivity contribution in [2.75, 3.05) is 13.7 Å². The summed E-state index contributed by atoms with van der Waals surface area (Å²) in [7, 11) is 1.57. The molecule has 0 aliphatic carbocycles. The molecule has 8 nitrogen and oxygen atoms in total. The Morgan fingerprint density at radius 1 is 1.44 bits per heavy atom. The van der Waals surface area contributed by atoms with Gasteiger partial charge in [0.15, 0.2) is 5.82 Å². The molecule has 1 aliphatic heterocycles. The number of carbonyl (C=O) groups excluding carboxylic acids is 2. The maximum Gasteiger partial charge on any atom is 0.246 e. The van der Waals surface area contributed by atoms with E-state index >= 15 is 0 Å². The lowest BCUT2D eigenvalue weighted by Crippen LogP contribution is -2.33. The number of amides is 2. The van der Waals surface area contributed by atoms with E-state index in [-0.39, 0.29) is 30.7 Å². The number of rotatable bonds is 6. The van der Waals surface area contributed by atoms with Crippen LogP contribution in [0, 0.1) is 0 Å². The van der Waals surface area contributed by atoms with Crippen molar-refractivity contribution in [1.29, 1.82) is 0 Å². The number of hydrogen-bond acceptors (Lipinski definition) is 6. The number of methoxy groups -OCH3 is 1. The minimum atomic E-state index is -0.165. The predicted octanol–water partition coefficient (Wildman–Crippen LogP) is 0.931. The monoisotopic (exact) mass is 344 g/mol. The van der Waals surface area contributed by atoms with Crippen LogP contribution in [0.5, 0.6) is 5.75 Å². The molecule has 132 valence electrons. The maximum atomic E-state index is 12.1. The van der Waals surface area contributed by atoms with Crippen molar-refractivity contribution in [3.05, 3.63) is 41.5 Å². The van der Waals surface area contributed by atoms with E-state index in [9.17, 15) is 9.59 Å². The number of piperidine rings is 1. The molecule has 1 fully saturated rings. The summed E-state index contributed by atoms with van der Waals surface area (Å²) in [6, 6.07) is 7.37. The van der Waals surface area contributed by atoms with Crippen molar-refractivity contribution in [2.45, 2.75) is 31.7 Å². The Kier molecular flexibility index (Phi) is 5.27. The first kappa shape index (κ1) is 16.9. The Labute approximate surface area is 144 Å². The zero-order valence-electron chi connectivity index (χ0n) is 13.9. The molecule has 1 atom stereocenters. The first-order valence-corrected chi connectivity index (χ1v) is 8.13. The fourth-order valence-electron chi connectivity index (χ4n) is 2.77. The average molecular weight is 344 g/mol. The number of benzene rings is 1. The molecule has 2 N–H and O–H groups in total. The second kappa shape index (κ2) is 7.78. The van der Waals surface area contributed by atoms with Gasteiger partial charge in [0.1, 0.15) is 5.75 Å². The van der Waals surface area contributed by atoms with Crippen LogP contribution in [0.2, 0.25) is 0 Å². The molecule has 2 heterocycles. The number of para-hydroxylation sites is 1. The molecule has 0 spiro atoms. The zero-order chi connectivity index (χ0) is 17.6. The van der Waals surface area contributed by atoms with E-state index in [1.807, 2.05) is 24.3 Å². The van der Waals surface area contributed by atoms with E-state index in [0.717, 1.165) is 12.0 Å². The molecule has 0 radical (unpaired) electrons. The molecule has 25 heavy (non-hydrogen) atoms.